The summed E-state index contributed by atoms with van der Waals surface area (Å²) in [7, 11) is 0. The monoisotopic (exact) mass is 485 g/mol. The van der Waals surface area contributed by atoms with Crippen LogP contribution in [0.3, 0.4) is 0 Å². The zero-order chi connectivity index (χ0) is 24.5. The Labute approximate surface area is 208 Å². The van der Waals surface area contributed by atoms with Crippen LogP contribution in [-0.2, 0) is 14.3 Å². The molecule has 1 aromatic heterocycles. The molecule has 2 aliphatic rings. The fraction of sp³-hybridized carbons (Fsp3) is 0.571. The van der Waals surface area contributed by atoms with E-state index < -0.39 is 18.2 Å². The van der Waals surface area contributed by atoms with Crippen molar-refractivity contribution in [3.8, 4) is 0 Å². The van der Waals surface area contributed by atoms with Crippen molar-refractivity contribution < 1.29 is 19.4 Å². The first-order valence-electron chi connectivity index (χ1n) is 12.4. The second kappa shape index (κ2) is 13.2. The summed E-state index contributed by atoms with van der Waals surface area (Å²) in [5.41, 5.74) is 3.07. The molecular formula is C28H39NO4S. The molecule has 5 atom stereocenters. The first-order chi connectivity index (χ1) is 16.3. The van der Waals surface area contributed by atoms with E-state index in [2.05, 4.69) is 36.7 Å². The fourth-order valence-corrected chi connectivity index (χ4v) is 5.19. The van der Waals surface area contributed by atoms with Crippen LogP contribution in [0.4, 0.5) is 0 Å². The smallest absolute Gasteiger partial charge is 0.309 e. The molecule has 0 unspecified atom stereocenters. The highest BCUT2D eigenvalue weighted by Crippen LogP contribution is 2.26. The van der Waals surface area contributed by atoms with Gasteiger partial charge in [-0.25, -0.2) is 4.98 Å². The Morgan fingerprint density at radius 2 is 2.06 bits per heavy atom. The topological polar surface area (TPSA) is 68.7 Å². The Balaban J connectivity index is 1.73. The van der Waals surface area contributed by atoms with Gasteiger partial charge >= 0.3 is 5.97 Å². The number of allylic oxidation sites excluding steroid dienone is 2. The summed E-state index contributed by atoms with van der Waals surface area (Å²) in [5, 5.41) is 13.6. The summed E-state index contributed by atoms with van der Waals surface area (Å²) in [6.45, 7) is 10.5. The van der Waals surface area contributed by atoms with E-state index in [0.717, 1.165) is 48.4 Å². The molecule has 0 aromatic carbocycles. The van der Waals surface area contributed by atoms with Gasteiger partial charge in [0, 0.05) is 18.2 Å². The first kappa shape index (κ1) is 26.6. The van der Waals surface area contributed by atoms with Gasteiger partial charge < -0.3 is 14.6 Å². The molecule has 0 aliphatic carbocycles. The van der Waals surface area contributed by atoms with E-state index in [1.54, 1.807) is 11.3 Å². The van der Waals surface area contributed by atoms with Crippen molar-refractivity contribution in [2.45, 2.75) is 96.6 Å². The number of cyclic esters (lactones) is 1. The molecule has 0 spiro atoms. The van der Waals surface area contributed by atoms with Crippen molar-refractivity contribution in [1.29, 1.82) is 0 Å². The number of ether oxygens (including phenoxy) is 2. The lowest BCUT2D eigenvalue weighted by Gasteiger charge is -2.29. The Kier molecular flexibility index (Phi) is 10.3. The molecule has 1 N–H and O–H groups in total. The van der Waals surface area contributed by atoms with Crippen LogP contribution >= 0.6 is 11.3 Å². The maximum Gasteiger partial charge on any atom is 0.309 e. The highest BCUT2D eigenvalue weighted by molar-refractivity contribution is 7.09. The van der Waals surface area contributed by atoms with E-state index in [-0.39, 0.29) is 18.6 Å². The third-order valence-corrected chi connectivity index (χ3v) is 7.09. The molecule has 34 heavy (non-hydrogen) atoms. The van der Waals surface area contributed by atoms with Crippen molar-refractivity contribution in [3.63, 3.8) is 0 Å². The molecule has 0 radical (unpaired) electrons. The third-order valence-electron chi connectivity index (χ3n) is 6.30. The van der Waals surface area contributed by atoms with E-state index in [1.165, 1.54) is 5.57 Å². The molecule has 2 aliphatic heterocycles. The quantitative estimate of drug-likeness (QED) is 0.391. The molecule has 0 saturated heterocycles. The van der Waals surface area contributed by atoms with Crippen molar-refractivity contribution in [3.05, 3.63) is 58.1 Å². The molecule has 2 bridgehead atoms. The van der Waals surface area contributed by atoms with Crippen molar-refractivity contribution in [1.82, 2.24) is 4.98 Å². The summed E-state index contributed by atoms with van der Waals surface area (Å²) in [6, 6.07) is 0. The number of aromatic nitrogens is 1. The van der Waals surface area contributed by atoms with Gasteiger partial charge in [0.25, 0.3) is 0 Å². The summed E-state index contributed by atoms with van der Waals surface area (Å²) < 4.78 is 12.0. The summed E-state index contributed by atoms with van der Waals surface area (Å²) in [5.74, 6) is 0.103. The zero-order valence-corrected chi connectivity index (χ0v) is 21.6. The lowest BCUT2D eigenvalue weighted by molar-refractivity contribution is -0.150. The van der Waals surface area contributed by atoms with Crippen LogP contribution in [0.2, 0.25) is 0 Å². The van der Waals surface area contributed by atoms with Gasteiger partial charge in [-0.2, -0.15) is 0 Å². The predicted octanol–water partition coefficient (Wildman–Crippen LogP) is 6.33. The van der Waals surface area contributed by atoms with Crippen LogP contribution in [0, 0.1) is 12.8 Å². The number of thiazole rings is 1. The van der Waals surface area contributed by atoms with Crippen LogP contribution in [0.1, 0.15) is 75.9 Å². The Morgan fingerprint density at radius 3 is 2.82 bits per heavy atom. The Hall–Kier alpha value is -2.02. The maximum absolute atomic E-state index is 12.7. The second-order valence-corrected chi connectivity index (χ2v) is 10.8. The Morgan fingerprint density at radius 1 is 1.24 bits per heavy atom. The molecule has 3 rings (SSSR count). The molecule has 0 saturated carbocycles. The number of rotatable bonds is 2. The number of nitrogens with zero attached hydrogens (tertiary/aromatic N) is 1. The molecule has 5 nitrogen and oxygen atoms in total. The van der Waals surface area contributed by atoms with Gasteiger partial charge in [0.2, 0.25) is 0 Å². The van der Waals surface area contributed by atoms with Gasteiger partial charge in [0.05, 0.1) is 35.4 Å². The van der Waals surface area contributed by atoms with Gasteiger partial charge in [0.1, 0.15) is 6.10 Å². The van der Waals surface area contributed by atoms with Crippen LogP contribution in [0.5, 0.6) is 0 Å². The van der Waals surface area contributed by atoms with E-state index in [9.17, 15) is 9.90 Å². The minimum absolute atomic E-state index is 0.0438. The van der Waals surface area contributed by atoms with E-state index >= 15 is 0 Å². The number of aliphatic hydroxyl groups excluding tert-OH is 1. The van der Waals surface area contributed by atoms with Crippen LogP contribution < -0.4 is 0 Å². The van der Waals surface area contributed by atoms with Crippen molar-refractivity contribution in [2.75, 3.05) is 0 Å². The lowest BCUT2D eigenvalue weighted by Crippen LogP contribution is -2.30. The molecule has 0 fully saturated rings. The Bertz CT molecular complexity index is 915. The molecule has 186 valence electrons. The number of esters is 1. The maximum atomic E-state index is 12.7. The zero-order valence-electron chi connectivity index (χ0n) is 20.7. The molecule has 6 heteroatoms. The average molecular weight is 486 g/mol. The minimum atomic E-state index is -0.807. The van der Waals surface area contributed by atoms with Gasteiger partial charge in [-0.3, -0.25) is 4.79 Å². The molecule has 3 heterocycles. The van der Waals surface area contributed by atoms with Gasteiger partial charge in [-0.05, 0) is 63.5 Å². The highest BCUT2D eigenvalue weighted by atomic mass is 32.1. The number of hydrogen-bond acceptors (Lipinski definition) is 6. The number of carbonyl (C=O) groups excluding carboxylic acids is 1. The first-order valence-corrected chi connectivity index (χ1v) is 13.3. The number of aliphatic hydroxyl groups is 1. The predicted molar refractivity (Wildman–Crippen MR) is 139 cm³/mol. The number of carbonyl (C=O) groups is 1. The number of aryl methyl sites for hydroxylation is 1. The van der Waals surface area contributed by atoms with Gasteiger partial charge in [0.15, 0.2) is 0 Å². The van der Waals surface area contributed by atoms with Crippen molar-refractivity contribution in [2.24, 2.45) is 5.92 Å². The molecular weight excluding hydrogens is 446 g/mol. The summed E-state index contributed by atoms with van der Waals surface area (Å²) in [4.78, 5) is 17.2. The number of fused-ring (bicyclic) bond motifs is 2. The molecule has 1 aromatic rings. The SMILES string of the molecule is C=C1CC/C=C/C[C@@H](/C(C)=C/c2csc(C)n2)OC(=O)C[C@H](O)C[C@@H]2C=CC[C@@H](C[C@@H](C)C1)O2. The summed E-state index contributed by atoms with van der Waals surface area (Å²) >= 11 is 1.60. The molecule has 0 amide bonds. The fourth-order valence-electron chi connectivity index (χ4n) is 4.62. The van der Waals surface area contributed by atoms with E-state index in [4.69, 9.17) is 9.47 Å². The highest BCUT2D eigenvalue weighted by Gasteiger charge is 2.25. The summed E-state index contributed by atoms with van der Waals surface area (Å²) in [6.07, 6.45) is 14.8. The lowest BCUT2D eigenvalue weighted by atomic mass is 9.92. The minimum Gasteiger partial charge on any atom is -0.457 e. The standard InChI is InChI=1S/C28H39NO4S/c1-19-9-6-5-7-12-27(21(3)15-23-18-34-22(4)29-23)33-28(31)17-24(30)16-26-11-8-10-25(32-26)14-20(2)13-19/h5,7-8,11,15,18,20,24-27,30H,1,6,9-10,12-14,16-17H2,2-4H3/b7-5+,21-15+/t20-,24+,25-,26-,27-/m0/s1. The van der Waals surface area contributed by atoms with Crippen LogP contribution in [0.15, 0.2) is 47.4 Å². The van der Waals surface area contributed by atoms with Gasteiger partial charge in [-0.1, -0.05) is 43.4 Å². The second-order valence-electron chi connectivity index (χ2n) is 9.75. The van der Waals surface area contributed by atoms with E-state index in [1.807, 2.05) is 31.4 Å². The van der Waals surface area contributed by atoms with Crippen LogP contribution in [-0.4, -0.2) is 40.5 Å². The van der Waals surface area contributed by atoms with E-state index in [0.29, 0.717) is 18.8 Å². The van der Waals surface area contributed by atoms with Crippen molar-refractivity contribution >= 4 is 23.4 Å². The van der Waals surface area contributed by atoms with Gasteiger partial charge in [-0.15, -0.1) is 11.3 Å². The largest absolute Gasteiger partial charge is 0.457 e. The number of hydrogen-bond donors (Lipinski definition) is 1. The average Bonchev–Trinajstić information content (AvgIpc) is 3.16. The third kappa shape index (κ3) is 8.97. The van der Waals surface area contributed by atoms with Crippen LogP contribution in [0.25, 0.3) is 6.08 Å². The normalized spacial score (nSPS) is 31.4.